The minimum absolute atomic E-state index is 0.0808. The summed E-state index contributed by atoms with van der Waals surface area (Å²) < 4.78 is 15.6. The molecule has 5 heteroatoms. The smallest absolute Gasteiger partial charge is 0.306 e. The first kappa shape index (κ1) is 29.6. The van der Waals surface area contributed by atoms with E-state index in [2.05, 4.69) is 24.3 Å². The zero-order valence-electron chi connectivity index (χ0n) is 24.0. The summed E-state index contributed by atoms with van der Waals surface area (Å²) in [7, 11) is 3.39. The van der Waals surface area contributed by atoms with E-state index in [9.17, 15) is 9.90 Å². The van der Waals surface area contributed by atoms with Crippen LogP contribution >= 0.6 is 0 Å². The van der Waals surface area contributed by atoms with Gasteiger partial charge in [-0.25, -0.2) is 0 Å². The standard InChI is InChI=1S/C26H40O4.C7H6O/c1-26(2,3)30-25(28)14-12-10-8-6-5-7-9-11-13-23-22-17-16-21(29-4)19-20(22)15-18-24(23)27;1-8-7-4-5-2-3-6(5)7/h16-17,19,27H,5-15,18H2,1-4H3;2-4H,1H3. The maximum absolute atomic E-state index is 11.7. The summed E-state index contributed by atoms with van der Waals surface area (Å²) in [5.41, 5.74) is 3.23. The third kappa shape index (κ3) is 8.82. The molecule has 0 spiro atoms. The molecule has 0 heterocycles. The molecule has 0 aromatic heterocycles. The molecule has 38 heavy (non-hydrogen) atoms. The molecule has 5 nitrogen and oxygen atoms in total. The molecule has 0 bridgehead atoms. The van der Waals surface area contributed by atoms with Crippen LogP contribution in [0.2, 0.25) is 0 Å². The maximum atomic E-state index is 11.7. The van der Waals surface area contributed by atoms with Crippen molar-refractivity contribution in [1.82, 2.24) is 0 Å². The van der Waals surface area contributed by atoms with E-state index in [4.69, 9.17) is 14.2 Å². The van der Waals surface area contributed by atoms with Gasteiger partial charge in [-0.2, -0.15) is 0 Å². The molecule has 3 aliphatic rings. The fourth-order valence-corrected chi connectivity index (χ4v) is 4.98. The van der Waals surface area contributed by atoms with Crippen molar-refractivity contribution in [3.8, 4) is 11.5 Å². The number of hydrogen-bond donors (Lipinski definition) is 1. The summed E-state index contributed by atoms with van der Waals surface area (Å²) in [5.74, 6) is 2.41. The third-order valence-corrected chi connectivity index (χ3v) is 7.11. The largest absolute Gasteiger partial charge is 0.512 e. The van der Waals surface area contributed by atoms with Crippen molar-refractivity contribution in [2.75, 3.05) is 14.2 Å². The van der Waals surface area contributed by atoms with Gasteiger partial charge >= 0.3 is 5.97 Å². The van der Waals surface area contributed by atoms with Crippen LogP contribution in [0, 0.1) is 10.4 Å². The van der Waals surface area contributed by atoms with Gasteiger partial charge in [0.1, 0.15) is 17.1 Å². The number of rotatable bonds is 13. The summed E-state index contributed by atoms with van der Waals surface area (Å²) >= 11 is 0. The molecule has 0 fully saturated rings. The van der Waals surface area contributed by atoms with Gasteiger partial charge < -0.3 is 19.3 Å². The van der Waals surface area contributed by atoms with Crippen LogP contribution in [0.5, 0.6) is 11.5 Å². The van der Waals surface area contributed by atoms with Crippen LogP contribution in [0.1, 0.15) is 103 Å². The van der Waals surface area contributed by atoms with E-state index in [1.54, 1.807) is 14.2 Å². The Morgan fingerprint density at radius 1 is 0.842 bits per heavy atom. The van der Waals surface area contributed by atoms with Crippen LogP contribution in [-0.4, -0.2) is 30.9 Å². The minimum Gasteiger partial charge on any atom is -0.512 e. The Bertz CT molecular complexity index is 1190. The summed E-state index contributed by atoms with van der Waals surface area (Å²) in [6.45, 7) is 5.73. The highest BCUT2D eigenvalue weighted by Gasteiger charge is 2.19. The first-order chi connectivity index (χ1) is 18.2. The number of aliphatic hydroxyl groups is 1. The molecular formula is C33H46O5. The van der Waals surface area contributed by atoms with Crippen LogP contribution in [0.3, 0.4) is 0 Å². The lowest BCUT2D eigenvalue weighted by Gasteiger charge is -2.21. The number of aryl methyl sites for hydroxylation is 1. The number of hydrogen-bond acceptors (Lipinski definition) is 5. The molecular weight excluding hydrogens is 476 g/mol. The molecule has 0 unspecified atom stereocenters. The zero-order chi connectivity index (χ0) is 27.5. The van der Waals surface area contributed by atoms with Gasteiger partial charge in [-0.15, -0.1) is 0 Å². The van der Waals surface area contributed by atoms with Gasteiger partial charge in [-0.3, -0.25) is 4.79 Å². The summed E-state index contributed by atoms with van der Waals surface area (Å²) in [4.78, 5) is 11.7. The highest BCUT2D eigenvalue weighted by molar-refractivity contribution is 5.72. The van der Waals surface area contributed by atoms with Crippen molar-refractivity contribution >= 4 is 11.5 Å². The average molecular weight is 523 g/mol. The van der Waals surface area contributed by atoms with Crippen molar-refractivity contribution in [3.05, 3.63) is 63.7 Å². The third-order valence-electron chi connectivity index (χ3n) is 7.11. The van der Waals surface area contributed by atoms with E-state index in [1.807, 2.05) is 32.9 Å². The van der Waals surface area contributed by atoms with E-state index in [1.165, 1.54) is 53.7 Å². The number of fused-ring (bicyclic) bond motifs is 1. The predicted molar refractivity (Wildman–Crippen MR) is 154 cm³/mol. The number of allylic oxidation sites excluding steroid dienone is 2. The molecule has 0 saturated heterocycles. The SMILES string of the molecule is COc1cc2ccc1=2.COc1ccc2c(c1)CCC(O)=C2CCCCCCCCCCC(=O)OC(C)(C)C. The molecule has 0 radical (unpaired) electrons. The first-order valence-electron chi connectivity index (χ1n) is 14.2. The molecule has 4 rings (SSSR count). The summed E-state index contributed by atoms with van der Waals surface area (Å²) in [6, 6.07) is 12.4. The number of benzene rings is 2. The Balaban J connectivity index is 0.000000417. The van der Waals surface area contributed by atoms with Gasteiger partial charge in [0.25, 0.3) is 0 Å². The van der Waals surface area contributed by atoms with Gasteiger partial charge in [-0.1, -0.05) is 56.7 Å². The molecule has 1 N–H and O–H groups in total. The Kier molecular flexibility index (Phi) is 11.1. The predicted octanol–water partition coefficient (Wildman–Crippen LogP) is 8.45. The van der Waals surface area contributed by atoms with Gasteiger partial charge in [0.15, 0.2) is 0 Å². The van der Waals surface area contributed by atoms with E-state index >= 15 is 0 Å². The van der Waals surface area contributed by atoms with E-state index in [0.717, 1.165) is 55.6 Å². The number of esters is 1. The lowest BCUT2D eigenvalue weighted by Crippen LogP contribution is -2.23. The van der Waals surface area contributed by atoms with E-state index in [-0.39, 0.29) is 11.6 Å². The number of carbonyl (C=O) groups excluding carboxylic acids is 1. The van der Waals surface area contributed by atoms with E-state index < -0.39 is 0 Å². The second-order valence-corrected chi connectivity index (χ2v) is 11.3. The first-order valence-corrected chi connectivity index (χ1v) is 14.2. The number of methoxy groups -OCH3 is 2. The molecule has 3 aliphatic carbocycles. The van der Waals surface area contributed by atoms with Crippen molar-refractivity contribution in [3.63, 3.8) is 0 Å². The van der Waals surface area contributed by atoms with Crippen LogP contribution in [0.25, 0.3) is 5.57 Å². The van der Waals surface area contributed by atoms with Crippen LogP contribution in [0.4, 0.5) is 0 Å². The Hall–Kier alpha value is -2.95. The monoisotopic (exact) mass is 522 g/mol. The fraction of sp³-hybridized carbons (Fsp3) is 0.545. The Morgan fingerprint density at radius 3 is 2.05 bits per heavy atom. The van der Waals surface area contributed by atoms with Crippen molar-refractivity contribution in [1.29, 1.82) is 0 Å². The van der Waals surface area contributed by atoms with Crippen LogP contribution < -0.4 is 9.47 Å². The minimum atomic E-state index is -0.378. The van der Waals surface area contributed by atoms with Crippen molar-refractivity contribution in [2.45, 2.75) is 103 Å². The molecule has 1 aromatic carbocycles. The number of aliphatic hydroxyl groups excluding tert-OH is 1. The summed E-state index contributed by atoms with van der Waals surface area (Å²) in [6.07, 6.45) is 12.3. The van der Waals surface area contributed by atoms with E-state index in [0.29, 0.717) is 12.2 Å². The van der Waals surface area contributed by atoms with Crippen molar-refractivity contribution in [2.24, 2.45) is 0 Å². The molecule has 0 saturated carbocycles. The second-order valence-electron chi connectivity index (χ2n) is 11.3. The fourth-order valence-electron chi connectivity index (χ4n) is 4.98. The average Bonchev–Trinajstić information content (AvgIpc) is 2.86. The Labute approximate surface area is 228 Å². The van der Waals surface area contributed by atoms with Crippen LogP contribution in [-0.2, 0) is 16.0 Å². The van der Waals surface area contributed by atoms with Crippen molar-refractivity contribution < 1.29 is 24.1 Å². The lowest BCUT2D eigenvalue weighted by molar-refractivity contribution is -0.154. The molecule has 1 aromatic rings. The Morgan fingerprint density at radius 2 is 1.53 bits per heavy atom. The number of ether oxygens (including phenoxy) is 3. The van der Waals surface area contributed by atoms with Crippen LogP contribution in [0.15, 0.2) is 42.2 Å². The normalized spacial score (nSPS) is 13.3. The quantitative estimate of drug-likeness (QED) is 0.180. The molecule has 0 amide bonds. The molecule has 0 aliphatic heterocycles. The molecule has 208 valence electrons. The highest BCUT2D eigenvalue weighted by atomic mass is 16.6. The summed E-state index contributed by atoms with van der Waals surface area (Å²) in [5, 5.41) is 13.0. The lowest BCUT2D eigenvalue weighted by atomic mass is 9.86. The molecule has 0 atom stereocenters. The highest BCUT2D eigenvalue weighted by Crippen LogP contribution is 2.35. The number of unbranched alkanes of at least 4 members (excludes halogenated alkanes) is 7. The van der Waals surface area contributed by atoms with Gasteiger partial charge in [0.2, 0.25) is 0 Å². The van der Waals surface area contributed by atoms with Gasteiger partial charge in [-0.05, 0) is 86.6 Å². The maximum Gasteiger partial charge on any atom is 0.306 e. The zero-order valence-corrected chi connectivity index (χ0v) is 24.0. The van der Waals surface area contributed by atoms with Gasteiger partial charge in [0.05, 0.1) is 20.0 Å². The van der Waals surface area contributed by atoms with Gasteiger partial charge in [0, 0.05) is 18.1 Å². The number of carbonyl (C=O) groups is 1. The topological polar surface area (TPSA) is 65.0 Å². The second kappa shape index (κ2) is 14.3.